The fourth-order valence-corrected chi connectivity index (χ4v) is 1.79. The maximum absolute atomic E-state index is 11.1. The molecule has 0 heterocycles. The molecule has 1 aromatic carbocycles. The Morgan fingerprint density at radius 3 is 2.76 bits per heavy atom. The molecule has 0 aromatic heterocycles. The van der Waals surface area contributed by atoms with Crippen LogP contribution in [-0.4, -0.2) is 17.1 Å². The summed E-state index contributed by atoms with van der Waals surface area (Å²) in [5.74, 6) is -0.775. The molecule has 0 spiro atoms. The second-order valence-electron chi connectivity index (χ2n) is 4.40. The molecule has 17 heavy (non-hydrogen) atoms. The van der Waals surface area contributed by atoms with Gasteiger partial charge in [0.05, 0.1) is 0 Å². The van der Waals surface area contributed by atoms with E-state index in [1.165, 1.54) is 0 Å². The van der Waals surface area contributed by atoms with E-state index in [2.05, 4.69) is 12.2 Å². The van der Waals surface area contributed by atoms with Crippen LogP contribution in [0.1, 0.15) is 38.2 Å². The van der Waals surface area contributed by atoms with Crippen molar-refractivity contribution in [2.45, 2.75) is 45.6 Å². The third-order valence-electron chi connectivity index (χ3n) is 2.75. The summed E-state index contributed by atoms with van der Waals surface area (Å²) in [6.07, 6.45) is 3.82. The summed E-state index contributed by atoms with van der Waals surface area (Å²) < 4.78 is 0. The number of anilines is 1. The first kappa shape index (κ1) is 13.6. The number of aryl methyl sites for hydroxylation is 1. The van der Waals surface area contributed by atoms with E-state index in [0.29, 0.717) is 6.42 Å². The molecule has 0 aliphatic carbocycles. The molecule has 0 bridgehead atoms. The minimum atomic E-state index is -0.775. The zero-order valence-corrected chi connectivity index (χ0v) is 10.6. The number of rotatable bonds is 7. The third kappa shape index (κ3) is 4.89. The Balaban J connectivity index is 2.57. The van der Waals surface area contributed by atoms with Gasteiger partial charge in [-0.05, 0) is 31.0 Å². The fourth-order valence-electron chi connectivity index (χ4n) is 1.79. The highest BCUT2D eigenvalue weighted by atomic mass is 16.4. The molecule has 94 valence electrons. The van der Waals surface area contributed by atoms with Crippen molar-refractivity contribution in [3.8, 4) is 0 Å². The third-order valence-corrected chi connectivity index (χ3v) is 2.75. The lowest BCUT2D eigenvalue weighted by Crippen LogP contribution is -2.29. The molecular formula is C14H21NO2. The summed E-state index contributed by atoms with van der Waals surface area (Å²) in [4.78, 5) is 11.1. The first-order valence-electron chi connectivity index (χ1n) is 6.19. The summed E-state index contributed by atoms with van der Waals surface area (Å²) in [6, 6.07) is 7.32. The molecule has 0 amide bonds. The molecule has 0 fully saturated rings. The van der Waals surface area contributed by atoms with Gasteiger partial charge in [-0.3, -0.25) is 0 Å². The van der Waals surface area contributed by atoms with Gasteiger partial charge >= 0.3 is 5.97 Å². The molecule has 0 saturated heterocycles. The highest BCUT2D eigenvalue weighted by Gasteiger charge is 2.16. The van der Waals surface area contributed by atoms with Crippen molar-refractivity contribution in [3.63, 3.8) is 0 Å². The standard InChI is InChI=1S/C14H21NO2/c1-3-4-5-9-13(14(16)17)15-12-8-6-7-11(2)10-12/h6-8,10,13,15H,3-5,9H2,1-2H3,(H,16,17). The quantitative estimate of drug-likeness (QED) is 0.712. The van der Waals surface area contributed by atoms with Crippen LogP contribution in [0.25, 0.3) is 0 Å². The minimum Gasteiger partial charge on any atom is -0.480 e. The molecule has 2 N–H and O–H groups in total. The highest BCUT2D eigenvalue weighted by molar-refractivity contribution is 5.77. The summed E-state index contributed by atoms with van der Waals surface area (Å²) in [5.41, 5.74) is 2.02. The number of hydrogen-bond donors (Lipinski definition) is 2. The maximum Gasteiger partial charge on any atom is 0.326 e. The topological polar surface area (TPSA) is 49.3 Å². The average molecular weight is 235 g/mol. The number of carboxylic acids is 1. The summed E-state index contributed by atoms with van der Waals surface area (Å²) in [6.45, 7) is 4.11. The Labute approximate surface area is 103 Å². The van der Waals surface area contributed by atoms with Gasteiger partial charge in [0.25, 0.3) is 0 Å². The second kappa shape index (κ2) is 6.94. The van der Waals surface area contributed by atoms with Gasteiger partial charge in [0.15, 0.2) is 0 Å². The summed E-state index contributed by atoms with van der Waals surface area (Å²) in [5, 5.41) is 12.2. The van der Waals surface area contributed by atoms with Crippen LogP contribution in [0.15, 0.2) is 24.3 Å². The Kier molecular flexibility index (Phi) is 5.53. The molecule has 1 aromatic rings. The van der Waals surface area contributed by atoms with Crippen LogP contribution >= 0.6 is 0 Å². The number of nitrogens with one attached hydrogen (secondary N) is 1. The average Bonchev–Trinajstić information content (AvgIpc) is 2.28. The van der Waals surface area contributed by atoms with Crippen LogP contribution in [0.5, 0.6) is 0 Å². The van der Waals surface area contributed by atoms with Gasteiger partial charge in [-0.2, -0.15) is 0 Å². The van der Waals surface area contributed by atoms with E-state index < -0.39 is 12.0 Å². The predicted octanol–water partition coefficient (Wildman–Crippen LogP) is 3.44. The number of carboxylic acid groups (broad SMARTS) is 1. The van der Waals surface area contributed by atoms with Crippen LogP contribution in [0.3, 0.4) is 0 Å². The highest BCUT2D eigenvalue weighted by Crippen LogP contribution is 2.14. The number of hydrogen-bond acceptors (Lipinski definition) is 2. The van der Waals surface area contributed by atoms with Crippen molar-refractivity contribution in [2.75, 3.05) is 5.32 Å². The molecule has 1 atom stereocenters. The molecule has 0 aliphatic rings. The Morgan fingerprint density at radius 1 is 1.41 bits per heavy atom. The first-order chi connectivity index (χ1) is 8.13. The minimum absolute atomic E-state index is 0.483. The fraction of sp³-hybridized carbons (Fsp3) is 0.500. The van der Waals surface area contributed by atoms with E-state index in [9.17, 15) is 4.79 Å². The van der Waals surface area contributed by atoms with E-state index in [0.717, 1.165) is 30.5 Å². The van der Waals surface area contributed by atoms with Crippen molar-refractivity contribution in [3.05, 3.63) is 29.8 Å². The summed E-state index contributed by atoms with van der Waals surface area (Å²) >= 11 is 0. The normalized spacial score (nSPS) is 12.1. The number of carbonyl (C=O) groups is 1. The predicted molar refractivity (Wildman–Crippen MR) is 70.4 cm³/mol. The Bertz CT molecular complexity index is 363. The first-order valence-corrected chi connectivity index (χ1v) is 6.19. The van der Waals surface area contributed by atoms with E-state index in [4.69, 9.17) is 5.11 Å². The number of aliphatic carboxylic acids is 1. The molecule has 3 nitrogen and oxygen atoms in total. The van der Waals surface area contributed by atoms with Crippen molar-refractivity contribution >= 4 is 11.7 Å². The van der Waals surface area contributed by atoms with Gasteiger partial charge in [0, 0.05) is 5.69 Å². The second-order valence-corrected chi connectivity index (χ2v) is 4.40. The molecule has 0 aliphatic heterocycles. The van der Waals surface area contributed by atoms with Crippen LogP contribution in [0.4, 0.5) is 5.69 Å². The summed E-state index contributed by atoms with van der Waals surface area (Å²) in [7, 11) is 0. The van der Waals surface area contributed by atoms with Gasteiger partial charge in [0.2, 0.25) is 0 Å². The SMILES string of the molecule is CCCCCC(Nc1cccc(C)c1)C(=O)O. The van der Waals surface area contributed by atoms with E-state index in [1.54, 1.807) is 0 Å². The lowest BCUT2D eigenvalue weighted by Gasteiger charge is -2.15. The van der Waals surface area contributed by atoms with E-state index in [-0.39, 0.29) is 0 Å². The van der Waals surface area contributed by atoms with Crippen LogP contribution in [0.2, 0.25) is 0 Å². The molecule has 0 saturated carbocycles. The van der Waals surface area contributed by atoms with Gasteiger partial charge in [-0.15, -0.1) is 0 Å². The Morgan fingerprint density at radius 2 is 2.18 bits per heavy atom. The molecular weight excluding hydrogens is 214 g/mol. The molecule has 3 heteroatoms. The van der Waals surface area contributed by atoms with Crippen molar-refractivity contribution < 1.29 is 9.90 Å². The Hall–Kier alpha value is -1.51. The molecule has 0 radical (unpaired) electrons. The zero-order chi connectivity index (χ0) is 12.7. The van der Waals surface area contributed by atoms with Gasteiger partial charge in [-0.1, -0.05) is 38.3 Å². The lowest BCUT2D eigenvalue weighted by molar-refractivity contribution is -0.138. The van der Waals surface area contributed by atoms with E-state index >= 15 is 0 Å². The van der Waals surface area contributed by atoms with Gasteiger partial charge < -0.3 is 10.4 Å². The maximum atomic E-state index is 11.1. The smallest absolute Gasteiger partial charge is 0.326 e. The molecule has 1 rings (SSSR count). The number of unbranched alkanes of at least 4 members (excludes halogenated alkanes) is 2. The van der Waals surface area contributed by atoms with Crippen LogP contribution in [0, 0.1) is 6.92 Å². The zero-order valence-electron chi connectivity index (χ0n) is 10.6. The largest absolute Gasteiger partial charge is 0.480 e. The van der Waals surface area contributed by atoms with Crippen LogP contribution < -0.4 is 5.32 Å². The lowest BCUT2D eigenvalue weighted by atomic mass is 10.1. The van der Waals surface area contributed by atoms with Gasteiger partial charge in [0.1, 0.15) is 6.04 Å². The van der Waals surface area contributed by atoms with Crippen molar-refractivity contribution in [1.29, 1.82) is 0 Å². The number of benzene rings is 1. The van der Waals surface area contributed by atoms with Crippen molar-refractivity contribution in [2.24, 2.45) is 0 Å². The monoisotopic (exact) mass is 235 g/mol. The van der Waals surface area contributed by atoms with E-state index in [1.807, 2.05) is 31.2 Å². The van der Waals surface area contributed by atoms with Crippen LogP contribution in [-0.2, 0) is 4.79 Å². The van der Waals surface area contributed by atoms with Crippen molar-refractivity contribution in [1.82, 2.24) is 0 Å². The molecule has 1 unspecified atom stereocenters. The van der Waals surface area contributed by atoms with Gasteiger partial charge in [-0.25, -0.2) is 4.79 Å².